The highest BCUT2D eigenvalue weighted by atomic mass is 31.2. The Morgan fingerprint density at radius 1 is 0.973 bits per heavy atom. The number of urea groups is 2. The minimum Gasteiger partial charge on any atom is -0.756 e. The summed E-state index contributed by atoms with van der Waals surface area (Å²) in [5, 5.41) is 24.9. The van der Waals surface area contributed by atoms with Gasteiger partial charge in [0.05, 0.1) is 48.3 Å². The number of carbonyl (C=O) groups excluding carboxylic acids is 4. The molecule has 37 heavy (non-hydrogen) atoms. The number of hydrogen-bond donors (Lipinski definition) is 4. The van der Waals surface area contributed by atoms with Crippen molar-refractivity contribution in [1.29, 1.82) is 0 Å². The highest BCUT2D eigenvalue weighted by molar-refractivity contribution is 7.45. The molecule has 6 aliphatic rings. The Morgan fingerprint density at radius 2 is 1.51 bits per heavy atom. The first-order valence-corrected chi connectivity index (χ1v) is 13.3. The highest BCUT2D eigenvalue weighted by Gasteiger charge is 2.82. The molecule has 0 spiro atoms. The van der Waals surface area contributed by atoms with E-state index in [9.17, 15) is 38.8 Å². The zero-order chi connectivity index (χ0) is 26.7. The monoisotopic (exact) mass is 545 g/mol. The first-order valence-electron chi connectivity index (χ1n) is 11.8. The molecule has 5 saturated heterocycles. The van der Waals surface area contributed by atoms with Gasteiger partial charge < -0.3 is 33.6 Å². The van der Waals surface area contributed by atoms with E-state index in [4.69, 9.17) is 18.5 Å². The fraction of sp³-hybridized carbons (Fsp3) is 0.800. The number of nitrogens with zero attached hydrogens (tertiary/aromatic N) is 2. The summed E-state index contributed by atoms with van der Waals surface area (Å²) < 4.78 is 34.2. The third kappa shape index (κ3) is 3.18. The number of amides is 6. The second-order valence-corrected chi connectivity index (χ2v) is 11.9. The molecule has 6 amide bonds. The van der Waals surface area contributed by atoms with E-state index < -0.39 is 105 Å². The lowest BCUT2D eigenvalue weighted by Gasteiger charge is -2.72. The van der Waals surface area contributed by atoms with Gasteiger partial charge in [-0.3, -0.25) is 34.6 Å². The van der Waals surface area contributed by atoms with Crippen molar-refractivity contribution in [2.24, 2.45) is 10.8 Å². The van der Waals surface area contributed by atoms with Crippen LogP contribution in [0.1, 0.15) is 26.7 Å². The number of ether oxygens (including phenoxy) is 2. The van der Waals surface area contributed by atoms with Gasteiger partial charge in [0, 0.05) is 12.8 Å². The molecule has 1 aliphatic carbocycles. The number of hydrogen-bond acceptors (Lipinski definition) is 12. The van der Waals surface area contributed by atoms with Crippen LogP contribution in [0.5, 0.6) is 0 Å². The molecule has 0 radical (unpaired) electrons. The average molecular weight is 545 g/mol. The second kappa shape index (κ2) is 7.93. The highest BCUT2D eigenvalue weighted by Crippen LogP contribution is 2.64. The molecule has 5 heterocycles. The van der Waals surface area contributed by atoms with Gasteiger partial charge in [-0.05, 0) is 13.8 Å². The van der Waals surface area contributed by atoms with Crippen LogP contribution in [0.4, 0.5) is 9.59 Å². The number of imide groups is 2. The smallest absolute Gasteiger partial charge is 0.326 e. The van der Waals surface area contributed by atoms with Crippen LogP contribution >= 0.6 is 7.82 Å². The van der Waals surface area contributed by atoms with Gasteiger partial charge in [-0.2, -0.15) is 0 Å². The molecule has 0 aromatic heterocycles. The maximum Gasteiger partial charge on any atom is 0.326 e. The molecule has 0 aromatic rings. The van der Waals surface area contributed by atoms with Crippen LogP contribution in [-0.4, -0.2) is 106 Å². The van der Waals surface area contributed by atoms with Crippen molar-refractivity contribution in [3.05, 3.63) is 0 Å². The van der Waals surface area contributed by atoms with Crippen LogP contribution in [0.15, 0.2) is 0 Å². The van der Waals surface area contributed by atoms with E-state index in [-0.39, 0.29) is 12.8 Å². The number of aliphatic hydroxyl groups excluding tert-OH is 2. The number of rotatable bonds is 1. The lowest BCUT2D eigenvalue weighted by atomic mass is 9.42. The first-order chi connectivity index (χ1) is 17.3. The molecule has 16 nitrogen and oxygen atoms in total. The summed E-state index contributed by atoms with van der Waals surface area (Å²) in [4.78, 5) is 67.7. The van der Waals surface area contributed by atoms with Crippen LogP contribution in [0.3, 0.4) is 0 Å². The van der Waals surface area contributed by atoms with Gasteiger partial charge in [-0.15, -0.1) is 0 Å². The standard InChI is InChI=1S/C20H27N4O12P/c1-19-13-14-20(19,2)16(28)22-18(30)24(14)12-4-8(9(5-25)34-12)36-37(31,32)33-6-10-7(26)3-11(35-10)23(13)17(29)21-15(19)27/h7-14,25-26H,3-6H2,1-2H3,(H,31,32)(H,21,27,29)(H,22,28,30)/p-1/t7-,8-,9?,10?,11+,12+,13+,14-,19-,20+/m0/s1. The summed E-state index contributed by atoms with van der Waals surface area (Å²) in [5.41, 5.74) is -3.04. The number of aliphatic hydroxyl groups is 2. The zero-order valence-electron chi connectivity index (χ0n) is 19.8. The Morgan fingerprint density at radius 3 is 2.05 bits per heavy atom. The molecular formula is C20H26N4O12P-. The minimum atomic E-state index is -4.99. The van der Waals surface area contributed by atoms with Crippen molar-refractivity contribution in [3.63, 3.8) is 0 Å². The molecule has 1 saturated carbocycles. The SMILES string of the molecule is C[C@]12C(=O)NC(=O)N3[C@H]1[C@H]1N(C(=O)NC(=O)[C@]12C)[C@H]1C[C@H](O)C(COP(=O)([O-])O[C@H]2C[C@H]3OC2CO)O1. The number of carbonyl (C=O) groups is 4. The van der Waals surface area contributed by atoms with Crippen LogP contribution in [0.25, 0.3) is 0 Å². The summed E-state index contributed by atoms with van der Waals surface area (Å²) in [5.74, 6) is -1.44. The average Bonchev–Trinajstić information content (AvgIpc) is 3.38. The summed E-state index contributed by atoms with van der Waals surface area (Å²) >= 11 is 0. The quantitative estimate of drug-likeness (QED) is 0.248. The summed E-state index contributed by atoms with van der Waals surface area (Å²) in [7, 11) is -4.99. The lowest BCUT2D eigenvalue weighted by molar-refractivity contribution is -0.244. The Hall–Kier alpha value is -2.17. The fourth-order valence-electron chi connectivity index (χ4n) is 6.75. The van der Waals surface area contributed by atoms with Gasteiger partial charge in [0.2, 0.25) is 11.8 Å². The molecule has 5 aliphatic heterocycles. The van der Waals surface area contributed by atoms with Crippen LogP contribution in [0.2, 0.25) is 0 Å². The number of phosphoric acid groups is 1. The molecular weight excluding hydrogens is 519 g/mol. The number of phosphoric ester groups is 1. The maximum absolute atomic E-state index is 13.2. The molecule has 11 atom stereocenters. The van der Waals surface area contributed by atoms with E-state index in [0.717, 1.165) is 4.90 Å². The summed E-state index contributed by atoms with van der Waals surface area (Å²) in [6.45, 7) is 1.73. The Labute approximate surface area is 209 Å². The van der Waals surface area contributed by atoms with Gasteiger partial charge in [0.1, 0.15) is 24.7 Å². The van der Waals surface area contributed by atoms with E-state index >= 15 is 0 Å². The van der Waals surface area contributed by atoms with Gasteiger partial charge in [-0.25, -0.2) is 9.59 Å². The maximum atomic E-state index is 13.2. The predicted octanol–water partition coefficient (Wildman–Crippen LogP) is -2.68. The third-order valence-corrected chi connectivity index (χ3v) is 9.85. The topological polar surface area (TPSA) is 216 Å². The van der Waals surface area contributed by atoms with Crippen molar-refractivity contribution in [2.45, 2.75) is 75.6 Å². The molecule has 0 aromatic carbocycles. The van der Waals surface area contributed by atoms with Crippen molar-refractivity contribution in [1.82, 2.24) is 20.4 Å². The van der Waals surface area contributed by atoms with Crippen LogP contribution in [0, 0.1) is 10.8 Å². The number of fused-ring (bicyclic) bond motifs is 7. The minimum absolute atomic E-state index is 0.148. The first kappa shape index (κ1) is 25.1. The molecule has 6 rings (SSSR count). The molecule has 17 heteroatoms. The van der Waals surface area contributed by atoms with E-state index in [1.807, 2.05) is 0 Å². The normalized spacial score (nSPS) is 51.2. The number of nitrogens with one attached hydrogen (secondary N) is 2. The van der Waals surface area contributed by atoms with E-state index in [0.29, 0.717) is 0 Å². The van der Waals surface area contributed by atoms with E-state index in [2.05, 4.69) is 10.6 Å². The summed E-state index contributed by atoms with van der Waals surface area (Å²) in [6.07, 6.45) is -7.52. The van der Waals surface area contributed by atoms with E-state index in [1.54, 1.807) is 0 Å². The molecule has 6 fully saturated rings. The van der Waals surface area contributed by atoms with Gasteiger partial charge in [0.25, 0.3) is 7.82 Å². The van der Waals surface area contributed by atoms with Gasteiger partial charge in [0.15, 0.2) is 0 Å². The summed E-state index contributed by atoms with van der Waals surface area (Å²) in [6, 6.07) is -3.88. The Balaban J connectivity index is 1.49. The Bertz CT molecular complexity index is 1140. The molecule has 3 unspecified atom stereocenters. The van der Waals surface area contributed by atoms with Crippen LogP contribution in [-0.2, 0) is 32.7 Å². The third-order valence-electron chi connectivity index (χ3n) is 8.86. The second-order valence-electron chi connectivity index (χ2n) is 10.5. The molecule has 204 valence electrons. The predicted molar refractivity (Wildman–Crippen MR) is 113 cm³/mol. The zero-order valence-corrected chi connectivity index (χ0v) is 20.7. The van der Waals surface area contributed by atoms with Crippen LogP contribution < -0.4 is 15.5 Å². The van der Waals surface area contributed by atoms with Crippen molar-refractivity contribution < 1.29 is 57.4 Å². The van der Waals surface area contributed by atoms with Crippen molar-refractivity contribution in [3.8, 4) is 0 Å². The molecule has 4 N–H and O–H groups in total. The fourth-order valence-corrected chi connectivity index (χ4v) is 7.69. The van der Waals surface area contributed by atoms with Crippen molar-refractivity contribution >= 4 is 31.7 Å². The van der Waals surface area contributed by atoms with Gasteiger partial charge >= 0.3 is 12.1 Å². The largest absolute Gasteiger partial charge is 0.756 e. The lowest BCUT2D eigenvalue weighted by Crippen LogP contribution is -2.92. The van der Waals surface area contributed by atoms with E-state index in [1.165, 1.54) is 18.7 Å². The molecule has 4 bridgehead atoms. The Kier molecular flexibility index (Phi) is 5.38. The van der Waals surface area contributed by atoms with Crippen molar-refractivity contribution in [2.75, 3.05) is 13.2 Å². The van der Waals surface area contributed by atoms with Gasteiger partial charge in [-0.1, -0.05) is 0 Å².